The summed E-state index contributed by atoms with van der Waals surface area (Å²) in [4.78, 5) is 1.71. The predicted octanol–water partition coefficient (Wildman–Crippen LogP) is 9.94. The van der Waals surface area contributed by atoms with Crippen molar-refractivity contribution in [3.8, 4) is 0 Å². The van der Waals surface area contributed by atoms with Crippen molar-refractivity contribution in [2.45, 2.75) is 150 Å². The van der Waals surface area contributed by atoms with Gasteiger partial charge in [0.05, 0.1) is 0 Å². The molecule has 0 rings (SSSR count). The average Bonchev–Trinajstić information content (AvgIpc) is 2.75. The molecule has 0 saturated heterocycles. The van der Waals surface area contributed by atoms with Crippen molar-refractivity contribution in [1.82, 2.24) is 4.90 Å². The molecule has 0 aromatic heterocycles. The summed E-state index contributed by atoms with van der Waals surface area (Å²) in [6.07, 6.45) is 26.9. The molecule has 0 amide bonds. The smallest absolute Gasteiger partial charge is 0.00456 e. The van der Waals surface area contributed by atoms with Crippen molar-refractivity contribution in [1.29, 1.82) is 0 Å². The van der Waals surface area contributed by atoms with Crippen LogP contribution in [0.5, 0.6) is 0 Å². The Morgan fingerprint density at radius 1 is 0.548 bits per heavy atom. The van der Waals surface area contributed by atoms with Crippen LogP contribution in [0.1, 0.15) is 136 Å². The summed E-state index contributed by atoms with van der Waals surface area (Å²) >= 11 is 8.10. The Labute approximate surface area is 216 Å². The molecule has 0 radical (unpaired) electrons. The predicted molar refractivity (Wildman–Crippen MR) is 154 cm³/mol. The molecule has 186 valence electrons. The molecule has 0 aliphatic rings. The Morgan fingerprint density at radius 3 is 1.00 bits per heavy atom. The van der Waals surface area contributed by atoms with Crippen molar-refractivity contribution in [3.63, 3.8) is 0 Å². The van der Waals surface area contributed by atoms with Crippen LogP contribution in [-0.2, 0) is 12.6 Å². The maximum atomic E-state index is 4.56. The van der Waals surface area contributed by atoms with E-state index in [2.05, 4.69) is 45.6 Å². The fraction of sp³-hybridized carbons (Fsp3) is 0.963. The van der Waals surface area contributed by atoms with Crippen LogP contribution in [0, 0.1) is 0 Å². The van der Waals surface area contributed by atoms with Gasteiger partial charge in [-0.25, -0.2) is 0 Å². The third-order valence-corrected chi connectivity index (χ3v) is 15.8. The SMILES string of the molecule is CCCCCCC[CH2][Sn+]([CH2]CCCCCCC)[CH2]CCCCCCC.CN(C)C(=S)[S-]. The fourth-order valence-electron chi connectivity index (χ4n) is 3.84. The molecule has 0 aliphatic heterocycles. The van der Waals surface area contributed by atoms with E-state index in [1.165, 1.54) is 96.3 Å². The molecule has 0 fully saturated rings. The van der Waals surface area contributed by atoms with Crippen LogP contribution < -0.4 is 0 Å². The van der Waals surface area contributed by atoms with Gasteiger partial charge in [0.15, 0.2) is 0 Å². The van der Waals surface area contributed by atoms with Crippen molar-refractivity contribution in [2.24, 2.45) is 0 Å². The Hall–Kier alpha value is 0.909. The maximum absolute atomic E-state index is 4.56. The van der Waals surface area contributed by atoms with Crippen LogP contribution >= 0.6 is 12.2 Å². The van der Waals surface area contributed by atoms with Crippen LogP contribution in [0.2, 0.25) is 13.3 Å². The normalized spacial score (nSPS) is 10.5. The van der Waals surface area contributed by atoms with E-state index < -0.39 is 19.8 Å². The van der Waals surface area contributed by atoms with E-state index in [-0.39, 0.29) is 0 Å². The molecule has 0 unspecified atom stereocenters. The van der Waals surface area contributed by atoms with Gasteiger partial charge in [0.2, 0.25) is 0 Å². The second-order valence-electron chi connectivity index (χ2n) is 9.46. The van der Waals surface area contributed by atoms with Gasteiger partial charge < -0.3 is 29.7 Å². The number of rotatable bonds is 21. The van der Waals surface area contributed by atoms with Crippen LogP contribution in [0.3, 0.4) is 0 Å². The summed E-state index contributed by atoms with van der Waals surface area (Å²) in [5, 5.41) is 0. The Kier molecular flexibility index (Phi) is 31.8. The summed E-state index contributed by atoms with van der Waals surface area (Å²) in [5.74, 6) is 0. The minimum absolute atomic E-state index is 0.509. The molecule has 0 N–H and O–H groups in total. The van der Waals surface area contributed by atoms with E-state index in [4.69, 9.17) is 0 Å². The maximum Gasteiger partial charge on any atom is 0.00456 e. The van der Waals surface area contributed by atoms with Crippen LogP contribution in [-0.4, -0.2) is 43.1 Å². The van der Waals surface area contributed by atoms with Gasteiger partial charge in [-0.05, 0) is 0 Å². The Morgan fingerprint density at radius 2 is 0.774 bits per heavy atom. The molecule has 0 bridgehead atoms. The van der Waals surface area contributed by atoms with E-state index in [1.807, 2.05) is 14.1 Å². The van der Waals surface area contributed by atoms with E-state index in [9.17, 15) is 0 Å². The average molecular weight is 579 g/mol. The molecule has 0 spiro atoms. The van der Waals surface area contributed by atoms with Crippen LogP contribution in [0.4, 0.5) is 0 Å². The Bertz CT molecular complexity index is 312. The first-order valence-corrected chi connectivity index (χ1v) is 20.6. The van der Waals surface area contributed by atoms with Gasteiger partial charge in [0.25, 0.3) is 0 Å². The van der Waals surface area contributed by atoms with Crippen LogP contribution in [0.25, 0.3) is 0 Å². The van der Waals surface area contributed by atoms with Gasteiger partial charge >= 0.3 is 169 Å². The molecule has 0 aromatic rings. The van der Waals surface area contributed by atoms with Gasteiger partial charge in [0, 0.05) is 14.1 Å². The second kappa shape index (κ2) is 28.9. The van der Waals surface area contributed by atoms with Gasteiger partial charge in [0.1, 0.15) is 0 Å². The standard InChI is InChI=1S/3C8H17.C3H7NS2.Sn/c3*1-3-5-7-8-6-4-2;1-4(2)3(5)6;/h3*1,3-8H2,2H3;1-2H3,(H,5,6);/q;;;;+1/p-1. The zero-order chi connectivity index (χ0) is 23.6. The molecule has 0 heterocycles. The first kappa shape index (κ1) is 34.1. The van der Waals surface area contributed by atoms with Crippen molar-refractivity contribution in [3.05, 3.63) is 0 Å². The zero-order valence-corrected chi connectivity index (χ0v) is 26.6. The summed E-state index contributed by atoms with van der Waals surface area (Å²) < 4.78 is 5.67. The van der Waals surface area contributed by atoms with Crippen molar-refractivity contribution < 1.29 is 0 Å². The topological polar surface area (TPSA) is 3.24 Å². The van der Waals surface area contributed by atoms with E-state index in [0.717, 1.165) is 0 Å². The van der Waals surface area contributed by atoms with Crippen molar-refractivity contribution >= 4 is 48.9 Å². The second-order valence-corrected chi connectivity index (χ2v) is 19.1. The van der Waals surface area contributed by atoms with E-state index in [1.54, 1.807) is 37.5 Å². The largest absolute Gasteiger partial charge is 0.411 e. The molecular weight excluding hydrogens is 521 g/mol. The number of hydrogen-bond acceptors (Lipinski definition) is 2. The van der Waals surface area contributed by atoms with Gasteiger partial charge in [-0.1, -0.05) is 4.32 Å². The molecule has 0 aromatic carbocycles. The number of nitrogens with zero attached hydrogens (tertiary/aromatic N) is 1. The number of thiocarbonyl (C=S) groups is 1. The molecular formula is C27H57NS2Sn. The molecule has 0 aliphatic carbocycles. The molecule has 1 nitrogen and oxygen atoms in total. The molecule has 31 heavy (non-hydrogen) atoms. The van der Waals surface area contributed by atoms with Gasteiger partial charge in [-0.2, -0.15) is 0 Å². The third kappa shape index (κ3) is 30.9. The first-order valence-electron chi connectivity index (χ1n) is 13.7. The molecule has 0 atom stereocenters. The third-order valence-electron chi connectivity index (χ3n) is 6.02. The Balaban J connectivity index is 0. The minimum atomic E-state index is -1.02. The zero-order valence-electron chi connectivity index (χ0n) is 22.1. The van der Waals surface area contributed by atoms with Gasteiger partial charge in [-0.3, -0.25) is 0 Å². The van der Waals surface area contributed by atoms with Gasteiger partial charge in [-0.15, -0.1) is 0 Å². The van der Waals surface area contributed by atoms with Crippen LogP contribution in [0.15, 0.2) is 0 Å². The summed E-state index contributed by atoms with van der Waals surface area (Å²) in [5.41, 5.74) is 0. The monoisotopic (exact) mass is 579 g/mol. The summed E-state index contributed by atoms with van der Waals surface area (Å²) in [6, 6.07) is 0. The fourth-order valence-corrected chi connectivity index (χ4v) is 12.4. The summed E-state index contributed by atoms with van der Waals surface area (Å²) in [6.45, 7) is 6.98. The van der Waals surface area contributed by atoms with E-state index >= 15 is 0 Å². The number of unbranched alkanes of at least 4 members (excludes halogenated alkanes) is 15. The van der Waals surface area contributed by atoms with E-state index in [0.29, 0.717) is 4.32 Å². The summed E-state index contributed by atoms with van der Waals surface area (Å²) in [7, 11) is 3.66. The minimum Gasteiger partial charge on any atom is -0.411 e. The van der Waals surface area contributed by atoms with Crippen molar-refractivity contribution in [2.75, 3.05) is 14.1 Å². The number of hydrogen-bond donors (Lipinski definition) is 0. The first-order chi connectivity index (χ1) is 15.0. The quantitative estimate of drug-likeness (QED) is 0.0578. The molecule has 0 saturated carbocycles. The molecule has 4 heteroatoms.